The molecule has 0 spiro atoms. The zero-order chi connectivity index (χ0) is 42.9. The predicted octanol–water partition coefficient (Wildman–Crippen LogP) is 10.4. The first kappa shape index (κ1) is 43.3. The highest BCUT2D eigenvalue weighted by Gasteiger charge is 2.59. The van der Waals surface area contributed by atoms with Gasteiger partial charge in [-0.15, -0.1) is 13.2 Å². The Morgan fingerprint density at radius 3 is 1.65 bits per heavy atom. The minimum Gasteiger partial charge on any atom is -0.405 e. The second-order valence-corrected chi connectivity index (χ2v) is 15.9. The lowest BCUT2D eigenvalue weighted by Gasteiger charge is -2.50. The topological polar surface area (TPSA) is 75.6 Å². The highest BCUT2D eigenvalue weighted by molar-refractivity contribution is 5.49. The number of alkyl halides is 3. The molecule has 5 atom stereocenters. The van der Waals surface area contributed by atoms with Gasteiger partial charge >= 0.3 is 6.36 Å². The van der Waals surface area contributed by atoms with Crippen molar-refractivity contribution < 1.29 is 46.7 Å². The van der Waals surface area contributed by atoms with Crippen molar-refractivity contribution in [3.05, 3.63) is 207 Å². The van der Waals surface area contributed by atoms with E-state index in [1.165, 1.54) is 17.2 Å². The van der Waals surface area contributed by atoms with Gasteiger partial charge in [0.2, 0.25) is 5.79 Å². The molecule has 6 aromatic rings. The lowest BCUT2D eigenvalue weighted by Crippen LogP contribution is -2.65. The average Bonchev–Trinajstić information content (AvgIpc) is 3.27. The Labute approximate surface area is 361 Å². The van der Waals surface area contributed by atoms with E-state index < -0.39 is 42.3 Å². The maximum atomic E-state index is 14.5. The molecular weight excluding hydrogens is 794 g/mol. The molecule has 1 saturated heterocycles. The van der Waals surface area contributed by atoms with Crippen LogP contribution in [0.25, 0.3) is 0 Å². The lowest BCUT2D eigenvalue weighted by atomic mass is 9.83. The smallest absolute Gasteiger partial charge is 0.405 e. The highest BCUT2D eigenvalue weighted by atomic mass is 19.4. The molecule has 1 heterocycles. The van der Waals surface area contributed by atoms with Gasteiger partial charge in [0.25, 0.3) is 0 Å². The van der Waals surface area contributed by atoms with Gasteiger partial charge in [0, 0.05) is 0 Å². The fourth-order valence-corrected chi connectivity index (χ4v) is 8.30. The van der Waals surface area contributed by atoms with Crippen molar-refractivity contribution in [2.75, 3.05) is 6.61 Å². The van der Waals surface area contributed by atoms with E-state index in [1.807, 2.05) is 128 Å². The Balaban J connectivity index is 1.26. The third-order valence-corrected chi connectivity index (χ3v) is 11.6. The summed E-state index contributed by atoms with van der Waals surface area (Å²) in [6, 6.07) is 47.3. The molecule has 0 radical (unpaired) electrons. The number of aryl methyl sites for hydroxylation is 3. The van der Waals surface area contributed by atoms with Crippen molar-refractivity contribution >= 4 is 0 Å². The van der Waals surface area contributed by atoms with Crippen LogP contribution in [0.5, 0.6) is 5.75 Å². The molecule has 62 heavy (non-hydrogen) atoms. The van der Waals surface area contributed by atoms with Crippen LogP contribution >= 0.6 is 0 Å². The number of aliphatic hydroxyl groups is 1. The first-order chi connectivity index (χ1) is 30.1. The van der Waals surface area contributed by atoms with Crippen LogP contribution in [0.15, 0.2) is 152 Å². The van der Waals surface area contributed by atoms with Gasteiger partial charge in [0.1, 0.15) is 30.2 Å². The van der Waals surface area contributed by atoms with E-state index in [0.29, 0.717) is 18.4 Å². The quantitative estimate of drug-likeness (QED) is 0.0924. The Kier molecular flexibility index (Phi) is 13.8. The summed E-state index contributed by atoms with van der Waals surface area (Å²) in [5.41, 5.74) is 8.05. The van der Waals surface area contributed by atoms with Crippen LogP contribution in [0, 0.1) is 0 Å². The molecule has 8 rings (SSSR count). The van der Waals surface area contributed by atoms with Crippen LogP contribution < -0.4 is 4.74 Å². The summed E-state index contributed by atoms with van der Waals surface area (Å²) in [5, 5.41) is 13.5. The van der Waals surface area contributed by atoms with Crippen molar-refractivity contribution in [1.82, 2.24) is 0 Å². The molecule has 6 aromatic carbocycles. The third-order valence-electron chi connectivity index (χ3n) is 11.6. The molecule has 1 aliphatic heterocycles. The SMILES string of the molecule is CCc1cc(OC(F)(F)F)c(C2(O)O[C@H](COCc3ccccc3)[C@@H](OCc3ccccc3)[C@H](OCc3ccccc3)[C@H]2OCc2ccccc2)cc1Cc1ccc2c(c1)CC2. The van der Waals surface area contributed by atoms with Gasteiger partial charge in [0.15, 0.2) is 0 Å². The van der Waals surface area contributed by atoms with E-state index in [2.05, 4.69) is 18.2 Å². The number of halogens is 3. The van der Waals surface area contributed by atoms with Gasteiger partial charge in [-0.2, -0.15) is 0 Å². The van der Waals surface area contributed by atoms with Crippen LogP contribution in [0.3, 0.4) is 0 Å². The second-order valence-electron chi connectivity index (χ2n) is 15.9. The van der Waals surface area contributed by atoms with Crippen LogP contribution in [0.4, 0.5) is 13.2 Å². The molecule has 2 aliphatic rings. The van der Waals surface area contributed by atoms with E-state index >= 15 is 0 Å². The third kappa shape index (κ3) is 10.6. The fraction of sp³-hybridized carbons (Fsp3) is 0.308. The summed E-state index contributed by atoms with van der Waals surface area (Å²) in [7, 11) is 0. The molecule has 0 saturated carbocycles. The van der Waals surface area contributed by atoms with Gasteiger partial charge in [-0.3, -0.25) is 0 Å². The molecule has 10 heteroatoms. The van der Waals surface area contributed by atoms with E-state index in [0.717, 1.165) is 46.2 Å². The van der Waals surface area contributed by atoms with Crippen LogP contribution in [-0.2, 0) is 81.6 Å². The molecule has 0 bridgehead atoms. The summed E-state index contributed by atoms with van der Waals surface area (Å²) in [5.74, 6) is -3.19. The zero-order valence-corrected chi connectivity index (χ0v) is 34.6. The number of rotatable bonds is 18. The molecular formula is C52H51F3O7. The summed E-state index contributed by atoms with van der Waals surface area (Å²) in [6.45, 7) is 2.14. The Hall–Kier alpha value is -5.33. The Morgan fingerprint density at radius 2 is 1.13 bits per heavy atom. The zero-order valence-electron chi connectivity index (χ0n) is 34.6. The molecule has 1 fully saturated rings. The minimum absolute atomic E-state index is 0.0343. The van der Waals surface area contributed by atoms with Crippen LogP contribution in [0.1, 0.15) is 62.6 Å². The molecule has 322 valence electrons. The molecule has 0 amide bonds. The molecule has 1 aliphatic carbocycles. The van der Waals surface area contributed by atoms with Crippen molar-refractivity contribution in [3.8, 4) is 5.75 Å². The summed E-state index contributed by atoms with van der Waals surface area (Å²) in [4.78, 5) is 0. The van der Waals surface area contributed by atoms with Gasteiger partial charge < -0.3 is 33.5 Å². The minimum atomic E-state index is -5.10. The normalized spacial score (nSPS) is 20.9. The van der Waals surface area contributed by atoms with Crippen molar-refractivity contribution in [3.63, 3.8) is 0 Å². The maximum absolute atomic E-state index is 14.5. The number of ether oxygens (including phenoxy) is 6. The van der Waals surface area contributed by atoms with Gasteiger partial charge in [0.05, 0.1) is 38.6 Å². The van der Waals surface area contributed by atoms with Gasteiger partial charge in [-0.25, -0.2) is 0 Å². The van der Waals surface area contributed by atoms with E-state index in [1.54, 1.807) is 6.07 Å². The van der Waals surface area contributed by atoms with Crippen molar-refractivity contribution in [1.29, 1.82) is 0 Å². The molecule has 1 unspecified atom stereocenters. The first-order valence-corrected chi connectivity index (χ1v) is 21.2. The van der Waals surface area contributed by atoms with Crippen molar-refractivity contribution in [2.24, 2.45) is 0 Å². The number of hydrogen-bond acceptors (Lipinski definition) is 7. The van der Waals surface area contributed by atoms with Gasteiger partial charge in [-0.1, -0.05) is 146 Å². The monoisotopic (exact) mass is 844 g/mol. The van der Waals surface area contributed by atoms with Crippen molar-refractivity contribution in [2.45, 2.75) is 95.6 Å². The predicted molar refractivity (Wildman–Crippen MR) is 229 cm³/mol. The summed E-state index contributed by atoms with van der Waals surface area (Å²) >= 11 is 0. The Bertz CT molecular complexity index is 2340. The first-order valence-electron chi connectivity index (χ1n) is 21.2. The van der Waals surface area contributed by atoms with Gasteiger partial charge in [-0.05, 0) is 87.9 Å². The standard InChI is InChI=1S/C52H51F3O7/c1-2-41-30-46(62-52(53,54)55)45(29-44(41)28-40-23-24-42-25-26-43(42)27-40)51(56)50(60-34-39-21-13-6-14-22-39)49(59-33-38-19-11-5-12-20-38)48(58-32-37-17-9-4-10-18-37)47(61-51)35-57-31-36-15-7-3-8-16-36/h3-24,27,29-30,47-50,56H,2,25-26,28,31-35H2,1H3/t47-,48-,49+,50-,51?/m1/s1. The van der Waals surface area contributed by atoms with E-state index in [9.17, 15) is 18.3 Å². The fourth-order valence-electron chi connectivity index (χ4n) is 8.30. The number of fused-ring (bicyclic) bond motifs is 1. The Morgan fingerprint density at radius 1 is 0.597 bits per heavy atom. The van der Waals surface area contributed by atoms with Crippen LogP contribution in [-0.4, -0.2) is 42.5 Å². The lowest BCUT2D eigenvalue weighted by molar-refractivity contribution is -0.379. The molecule has 1 N–H and O–H groups in total. The maximum Gasteiger partial charge on any atom is 0.573 e. The summed E-state index contributed by atoms with van der Waals surface area (Å²) in [6.07, 6.45) is -6.87. The van der Waals surface area contributed by atoms with E-state index in [4.69, 9.17) is 28.4 Å². The van der Waals surface area contributed by atoms with Crippen LogP contribution in [0.2, 0.25) is 0 Å². The second kappa shape index (κ2) is 19.8. The molecule has 0 aromatic heterocycles. The number of hydrogen-bond donors (Lipinski definition) is 1. The largest absolute Gasteiger partial charge is 0.573 e. The highest BCUT2D eigenvalue weighted by Crippen LogP contribution is 2.47. The summed E-state index contributed by atoms with van der Waals surface area (Å²) < 4.78 is 81.8. The van der Waals surface area contributed by atoms with E-state index in [-0.39, 0.29) is 38.6 Å². The number of benzene rings is 6. The average molecular weight is 845 g/mol. The molecule has 7 nitrogen and oxygen atoms in total.